The van der Waals surface area contributed by atoms with Crippen LogP contribution in [-0.2, 0) is 25.8 Å². The van der Waals surface area contributed by atoms with Gasteiger partial charge in [0.15, 0.2) is 5.69 Å². The van der Waals surface area contributed by atoms with Crippen molar-refractivity contribution in [2.24, 2.45) is 5.92 Å². The SMILES string of the molecule is Cc1ccc(CN(Cc2cccc(C(F)(F)F)c2)Cc2nc(C(=O)NCC(C)C)co2)cc1. The molecular weight excluding hydrogens is 431 g/mol. The van der Waals surface area contributed by atoms with E-state index in [4.69, 9.17) is 4.42 Å². The number of amides is 1. The van der Waals surface area contributed by atoms with Crippen LogP contribution < -0.4 is 5.32 Å². The first-order valence-corrected chi connectivity index (χ1v) is 10.8. The number of nitrogens with one attached hydrogen (secondary N) is 1. The molecule has 176 valence electrons. The molecule has 0 fully saturated rings. The van der Waals surface area contributed by atoms with Gasteiger partial charge in [0.2, 0.25) is 5.89 Å². The van der Waals surface area contributed by atoms with Crippen molar-refractivity contribution in [3.05, 3.63) is 88.6 Å². The zero-order valence-corrected chi connectivity index (χ0v) is 18.9. The fraction of sp³-hybridized carbons (Fsp3) is 0.360. The van der Waals surface area contributed by atoms with Crippen molar-refractivity contribution < 1.29 is 22.4 Å². The molecule has 3 rings (SSSR count). The largest absolute Gasteiger partial charge is 0.447 e. The summed E-state index contributed by atoms with van der Waals surface area (Å²) in [4.78, 5) is 18.5. The van der Waals surface area contributed by atoms with Gasteiger partial charge in [0.05, 0.1) is 12.1 Å². The molecule has 0 aliphatic heterocycles. The second-order valence-corrected chi connectivity index (χ2v) is 8.56. The Hall–Kier alpha value is -3.13. The number of alkyl halides is 3. The molecule has 2 aromatic carbocycles. The standard InChI is InChI=1S/C25H28F3N3O2/c1-17(2)12-29-24(32)22-16-33-23(30-22)15-31(13-19-9-7-18(3)8-10-19)14-20-5-4-6-21(11-20)25(26,27)28/h4-11,16-17H,12-15H2,1-3H3,(H,29,32). The number of carbonyl (C=O) groups excluding carboxylic acids is 1. The van der Waals surface area contributed by atoms with Crippen LogP contribution in [0.4, 0.5) is 13.2 Å². The monoisotopic (exact) mass is 459 g/mol. The first-order chi connectivity index (χ1) is 15.6. The van der Waals surface area contributed by atoms with Gasteiger partial charge in [0, 0.05) is 19.6 Å². The van der Waals surface area contributed by atoms with Crippen molar-refractivity contribution in [3.8, 4) is 0 Å². The summed E-state index contributed by atoms with van der Waals surface area (Å²) < 4.78 is 45.0. The molecule has 33 heavy (non-hydrogen) atoms. The van der Waals surface area contributed by atoms with E-state index in [1.165, 1.54) is 12.3 Å². The predicted molar refractivity (Wildman–Crippen MR) is 119 cm³/mol. The van der Waals surface area contributed by atoms with E-state index >= 15 is 0 Å². The number of oxazole rings is 1. The fourth-order valence-corrected chi connectivity index (χ4v) is 3.29. The molecule has 0 saturated heterocycles. The Bertz CT molecular complexity index is 1060. The van der Waals surface area contributed by atoms with Gasteiger partial charge in [-0.15, -0.1) is 0 Å². The van der Waals surface area contributed by atoms with Gasteiger partial charge in [-0.2, -0.15) is 13.2 Å². The zero-order valence-electron chi connectivity index (χ0n) is 18.9. The molecule has 5 nitrogen and oxygen atoms in total. The van der Waals surface area contributed by atoms with Crippen LogP contribution in [0.25, 0.3) is 0 Å². The zero-order chi connectivity index (χ0) is 24.0. The third-order valence-corrected chi connectivity index (χ3v) is 5.00. The number of rotatable bonds is 9. The number of carbonyl (C=O) groups is 1. The lowest BCUT2D eigenvalue weighted by molar-refractivity contribution is -0.137. The molecule has 0 saturated carbocycles. The van der Waals surface area contributed by atoms with E-state index in [1.54, 1.807) is 6.07 Å². The average molecular weight is 460 g/mol. The van der Waals surface area contributed by atoms with Gasteiger partial charge >= 0.3 is 6.18 Å². The molecule has 0 bridgehead atoms. The molecule has 0 aliphatic carbocycles. The van der Waals surface area contributed by atoms with Gasteiger partial charge in [-0.3, -0.25) is 9.69 Å². The summed E-state index contributed by atoms with van der Waals surface area (Å²) in [6.45, 7) is 7.47. The van der Waals surface area contributed by atoms with Crippen molar-refractivity contribution in [1.29, 1.82) is 0 Å². The molecule has 1 N–H and O–H groups in total. The van der Waals surface area contributed by atoms with E-state index in [1.807, 2.05) is 49.9 Å². The van der Waals surface area contributed by atoms with Gasteiger partial charge in [-0.05, 0) is 30.0 Å². The molecule has 8 heteroatoms. The third-order valence-electron chi connectivity index (χ3n) is 5.00. The Morgan fingerprint density at radius 2 is 1.76 bits per heavy atom. The minimum atomic E-state index is -4.40. The van der Waals surface area contributed by atoms with Crippen molar-refractivity contribution in [2.75, 3.05) is 6.54 Å². The number of benzene rings is 2. The highest BCUT2D eigenvalue weighted by Gasteiger charge is 2.30. The normalized spacial score (nSPS) is 11.9. The topological polar surface area (TPSA) is 58.4 Å². The number of hydrogen-bond acceptors (Lipinski definition) is 4. The Morgan fingerprint density at radius 3 is 2.42 bits per heavy atom. The van der Waals surface area contributed by atoms with Crippen LogP contribution in [0.5, 0.6) is 0 Å². The van der Waals surface area contributed by atoms with Crippen molar-refractivity contribution in [1.82, 2.24) is 15.2 Å². The number of nitrogens with zero attached hydrogens (tertiary/aromatic N) is 2. The minimum Gasteiger partial charge on any atom is -0.447 e. The molecule has 0 spiro atoms. The predicted octanol–water partition coefficient (Wildman–Crippen LogP) is 5.59. The first kappa shape index (κ1) is 24.5. The van der Waals surface area contributed by atoms with E-state index in [0.717, 1.165) is 23.3 Å². The molecular formula is C25H28F3N3O2. The Balaban J connectivity index is 1.78. The molecule has 3 aromatic rings. The highest BCUT2D eigenvalue weighted by Crippen LogP contribution is 2.30. The summed E-state index contributed by atoms with van der Waals surface area (Å²) in [7, 11) is 0. The summed E-state index contributed by atoms with van der Waals surface area (Å²) >= 11 is 0. The summed E-state index contributed by atoms with van der Waals surface area (Å²) in [5, 5.41) is 2.79. The van der Waals surface area contributed by atoms with Crippen LogP contribution in [0.15, 0.2) is 59.2 Å². The lowest BCUT2D eigenvalue weighted by Crippen LogP contribution is -2.27. The van der Waals surface area contributed by atoms with Gasteiger partial charge < -0.3 is 9.73 Å². The third kappa shape index (κ3) is 7.46. The molecule has 1 heterocycles. The quantitative estimate of drug-likeness (QED) is 0.453. The summed E-state index contributed by atoms with van der Waals surface area (Å²) in [5.74, 6) is 0.309. The van der Waals surface area contributed by atoms with E-state index in [-0.39, 0.29) is 24.7 Å². The number of hydrogen-bond donors (Lipinski definition) is 1. The van der Waals surface area contributed by atoms with Crippen LogP contribution in [0.1, 0.15) is 52.5 Å². The minimum absolute atomic E-state index is 0.181. The molecule has 1 aromatic heterocycles. The maximum Gasteiger partial charge on any atom is 0.416 e. The highest BCUT2D eigenvalue weighted by atomic mass is 19.4. The Labute approximate surface area is 191 Å². The second kappa shape index (κ2) is 10.7. The van der Waals surface area contributed by atoms with Crippen LogP contribution in [0, 0.1) is 12.8 Å². The lowest BCUT2D eigenvalue weighted by atomic mass is 10.1. The highest BCUT2D eigenvalue weighted by molar-refractivity contribution is 5.91. The van der Waals surface area contributed by atoms with Crippen LogP contribution >= 0.6 is 0 Å². The van der Waals surface area contributed by atoms with Crippen LogP contribution in [0.2, 0.25) is 0 Å². The maximum absolute atomic E-state index is 13.2. The van der Waals surface area contributed by atoms with Crippen molar-refractivity contribution >= 4 is 5.91 Å². The van der Waals surface area contributed by atoms with E-state index < -0.39 is 11.7 Å². The summed E-state index contributed by atoms with van der Waals surface area (Å²) in [6.07, 6.45) is -3.10. The van der Waals surface area contributed by atoms with Crippen LogP contribution in [-0.4, -0.2) is 22.3 Å². The van der Waals surface area contributed by atoms with Gasteiger partial charge in [-0.25, -0.2) is 4.98 Å². The number of halogens is 3. The van der Waals surface area contributed by atoms with Gasteiger partial charge in [0.25, 0.3) is 5.91 Å². The molecule has 1 amide bonds. The molecule has 0 radical (unpaired) electrons. The van der Waals surface area contributed by atoms with Crippen LogP contribution in [0.3, 0.4) is 0 Å². The molecule has 0 atom stereocenters. The number of aryl methyl sites for hydroxylation is 1. The van der Waals surface area contributed by atoms with Crippen molar-refractivity contribution in [2.45, 2.75) is 46.6 Å². The first-order valence-electron chi connectivity index (χ1n) is 10.8. The summed E-state index contributed by atoms with van der Waals surface area (Å²) in [6, 6.07) is 13.2. The number of aromatic nitrogens is 1. The fourth-order valence-electron chi connectivity index (χ4n) is 3.29. The van der Waals surface area contributed by atoms with Crippen molar-refractivity contribution in [3.63, 3.8) is 0 Å². The van der Waals surface area contributed by atoms with Gasteiger partial charge in [0.1, 0.15) is 6.26 Å². The molecule has 0 aliphatic rings. The summed E-state index contributed by atoms with van der Waals surface area (Å²) in [5.41, 5.74) is 2.15. The average Bonchev–Trinajstić information content (AvgIpc) is 3.22. The Kier molecular flexibility index (Phi) is 7.92. The maximum atomic E-state index is 13.2. The van der Waals surface area contributed by atoms with E-state index in [0.29, 0.717) is 30.5 Å². The Morgan fingerprint density at radius 1 is 1.06 bits per heavy atom. The molecule has 0 unspecified atom stereocenters. The van der Waals surface area contributed by atoms with E-state index in [9.17, 15) is 18.0 Å². The lowest BCUT2D eigenvalue weighted by Gasteiger charge is -2.22. The smallest absolute Gasteiger partial charge is 0.416 e. The second-order valence-electron chi connectivity index (χ2n) is 8.56. The van der Waals surface area contributed by atoms with E-state index in [2.05, 4.69) is 10.3 Å². The van der Waals surface area contributed by atoms with Gasteiger partial charge in [-0.1, -0.05) is 61.9 Å².